The fourth-order valence-electron chi connectivity index (χ4n) is 1.23. The summed E-state index contributed by atoms with van der Waals surface area (Å²) >= 11 is 0. The van der Waals surface area contributed by atoms with Crippen molar-refractivity contribution in [2.24, 2.45) is 5.92 Å². The molecule has 1 N–H and O–H groups in total. The van der Waals surface area contributed by atoms with Crippen molar-refractivity contribution in [3.63, 3.8) is 0 Å². The lowest BCUT2D eigenvalue weighted by Crippen LogP contribution is -2.08. The average Bonchev–Trinajstić information content (AvgIpc) is 2.17. The molecule has 0 spiro atoms. The van der Waals surface area contributed by atoms with E-state index in [9.17, 15) is 9.59 Å². The summed E-state index contributed by atoms with van der Waals surface area (Å²) in [7, 11) is 0. The molecule has 78 valence electrons. The Labute approximate surface area is 84.7 Å². The third-order valence-electron chi connectivity index (χ3n) is 1.92. The van der Waals surface area contributed by atoms with Gasteiger partial charge in [0, 0.05) is 25.0 Å². The molecule has 0 saturated carbocycles. The fourth-order valence-corrected chi connectivity index (χ4v) is 1.23. The number of ketones is 1. The molecule has 0 radical (unpaired) electrons. The van der Waals surface area contributed by atoms with Crippen LogP contribution in [0.4, 0.5) is 0 Å². The summed E-state index contributed by atoms with van der Waals surface area (Å²) in [6.07, 6.45) is 7.52. The zero-order valence-corrected chi connectivity index (χ0v) is 8.53. The van der Waals surface area contributed by atoms with E-state index in [4.69, 9.17) is 5.41 Å². The molecule has 0 aliphatic rings. The van der Waals surface area contributed by atoms with E-state index in [0.717, 1.165) is 25.3 Å². The highest BCUT2D eigenvalue weighted by Crippen LogP contribution is 2.09. The molecule has 0 rings (SSSR count). The lowest BCUT2D eigenvalue weighted by atomic mass is 9.98. The molecule has 3 heteroatoms. The van der Waals surface area contributed by atoms with Crippen LogP contribution in [0.15, 0.2) is 12.2 Å². The molecule has 0 fully saturated rings. The molecule has 0 aliphatic carbocycles. The number of carbonyl (C=O) groups excluding carboxylic acids is 2. The minimum absolute atomic E-state index is 0.0636. The topological polar surface area (TPSA) is 58.0 Å². The first kappa shape index (κ1) is 12.8. The minimum Gasteiger partial charge on any atom is -0.309 e. The van der Waals surface area contributed by atoms with E-state index in [1.54, 1.807) is 6.08 Å². The van der Waals surface area contributed by atoms with E-state index in [1.807, 2.05) is 6.92 Å². The molecule has 14 heavy (non-hydrogen) atoms. The van der Waals surface area contributed by atoms with Gasteiger partial charge in [-0.25, -0.2) is 0 Å². The van der Waals surface area contributed by atoms with Crippen molar-refractivity contribution in [2.75, 3.05) is 0 Å². The van der Waals surface area contributed by atoms with Crippen molar-refractivity contribution in [2.45, 2.75) is 32.6 Å². The van der Waals surface area contributed by atoms with Gasteiger partial charge in [0.1, 0.15) is 12.1 Å². The molecular weight excluding hydrogens is 178 g/mol. The van der Waals surface area contributed by atoms with Crippen molar-refractivity contribution in [3.05, 3.63) is 12.2 Å². The smallest absolute Gasteiger partial charge is 0.137 e. The van der Waals surface area contributed by atoms with Gasteiger partial charge in [-0.1, -0.05) is 19.4 Å². The van der Waals surface area contributed by atoms with Gasteiger partial charge in [0.25, 0.3) is 0 Å². The van der Waals surface area contributed by atoms with Crippen LogP contribution >= 0.6 is 0 Å². The maximum Gasteiger partial charge on any atom is 0.137 e. The number of nitrogens with one attached hydrogen (secondary N) is 1. The normalized spacial score (nSPS) is 12.6. The number of carbonyl (C=O) groups is 2. The van der Waals surface area contributed by atoms with E-state index in [2.05, 4.69) is 0 Å². The Bertz CT molecular complexity index is 221. The lowest BCUT2D eigenvalue weighted by Gasteiger charge is -2.05. The Morgan fingerprint density at radius 1 is 1.50 bits per heavy atom. The molecular formula is C11H17NO2. The van der Waals surface area contributed by atoms with Crippen LogP contribution in [0.5, 0.6) is 0 Å². The SMILES string of the molecule is CCCC(C=O)CC(=O)CC=CC=N. The van der Waals surface area contributed by atoms with Crippen LogP contribution in [0.3, 0.4) is 0 Å². The number of aldehydes is 1. The number of hydrogen-bond donors (Lipinski definition) is 1. The van der Waals surface area contributed by atoms with Gasteiger partial charge in [0.05, 0.1) is 0 Å². The summed E-state index contributed by atoms with van der Waals surface area (Å²) in [6.45, 7) is 2.00. The van der Waals surface area contributed by atoms with Crippen LogP contribution in [0.2, 0.25) is 0 Å². The minimum atomic E-state index is -0.124. The molecule has 0 saturated heterocycles. The molecule has 0 heterocycles. The van der Waals surface area contributed by atoms with E-state index >= 15 is 0 Å². The van der Waals surface area contributed by atoms with Crippen molar-refractivity contribution in [3.8, 4) is 0 Å². The quantitative estimate of drug-likeness (QED) is 0.476. The van der Waals surface area contributed by atoms with Gasteiger partial charge in [-0.2, -0.15) is 0 Å². The van der Waals surface area contributed by atoms with Crippen LogP contribution in [-0.4, -0.2) is 18.3 Å². The van der Waals surface area contributed by atoms with Gasteiger partial charge in [0.2, 0.25) is 0 Å². The summed E-state index contributed by atoms with van der Waals surface area (Å²) < 4.78 is 0. The second-order valence-corrected chi connectivity index (χ2v) is 3.23. The largest absolute Gasteiger partial charge is 0.309 e. The summed E-state index contributed by atoms with van der Waals surface area (Å²) in [5, 5.41) is 6.71. The Morgan fingerprint density at radius 3 is 2.71 bits per heavy atom. The first-order chi connectivity index (χ1) is 6.74. The maximum atomic E-state index is 11.3. The third kappa shape index (κ3) is 6.29. The number of rotatable bonds is 8. The van der Waals surface area contributed by atoms with Gasteiger partial charge in [-0.05, 0) is 12.5 Å². The molecule has 0 amide bonds. The Balaban J connectivity index is 3.83. The molecule has 0 aromatic rings. The zero-order chi connectivity index (χ0) is 10.8. The number of hydrogen-bond acceptors (Lipinski definition) is 3. The predicted octanol–water partition coefficient (Wildman–Crippen LogP) is 2.16. The third-order valence-corrected chi connectivity index (χ3v) is 1.92. The van der Waals surface area contributed by atoms with Gasteiger partial charge >= 0.3 is 0 Å². The van der Waals surface area contributed by atoms with E-state index in [1.165, 1.54) is 6.08 Å². The standard InChI is InChI=1S/C11H17NO2/c1-2-5-10(9-13)8-11(14)6-3-4-7-12/h3-4,7,9-10,12H,2,5-6,8H2,1H3. The molecule has 0 aliphatic heterocycles. The zero-order valence-electron chi connectivity index (χ0n) is 8.53. The summed E-state index contributed by atoms with van der Waals surface area (Å²) in [5.74, 6) is -0.0606. The summed E-state index contributed by atoms with van der Waals surface area (Å²) in [4.78, 5) is 21.8. The summed E-state index contributed by atoms with van der Waals surface area (Å²) in [6, 6.07) is 0. The number of Topliss-reactive ketones (excluding diaryl/α,β-unsaturated/α-hetero) is 1. The van der Waals surface area contributed by atoms with Crippen molar-refractivity contribution in [1.29, 1.82) is 5.41 Å². The maximum absolute atomic E-state index is 11.3. The van der Waals surface area contributed by atoms with Gasteiger partial charge in [-0.3, -0.25) is 4.79 Å². The second kappa shape index (κ2) is 8.35. The van der Waals surface area contributed by atoms with Crippen molar-refractivity contribution in [1.82, 2.24) is 0 Å². The van der Waals surface area contributed by atoms with Crippen LogP contribution in [-0.2, 0) is 9.59 Å². The van der Waals surface area contributed by atoms with Gasteiger partial charge < -0.3 is 10.2 Å². The van der Waals surface area contributed by atoms with Crippen molar-refractivity contribution < 1.29 is 9.59 Å². The van der Waals surface area contributed by atoms with Gasteiger partial charge in [0.15, 0.2) is 0 Å². The van der Waals surface area contributed by atoms with E-state index in [-0.39, 0.29) is 11.7 Å². The highest BCUT2D eigenvalue weighted by molar-refractivity contribution is 5.83. The fraction of sp³-hybridized carbons (Fsp3) is 0.545. The van der Waals surface area contributed by atoms with Crippen LogP contribution in [0, 0.1) is 11.3 Å². The highest BCUT2D eigenvalue weighted by atomic mass is 16.1. The number of allylic oxidation sites excluding steroid dienone is 2. The lowest BCUT2D eigenvalue weighted by molar-refractivity contribution is -0.122. The van der Waals surface area contributed by atoms with E-state index < -0.39 is 0 Å². The van der Waals surface area contributed by atoms with Crippen LogP contribution < -0.4 is 0 Å². The molecule has 0 bridgehead atoms. The predicted molar refractivity (Wildman–Crippen MR) is 56.6 cm³/mol. The second-order valence-electron chi connectivity index (χ2n) is 3.23. The Kier molecular flexibility index (Phi) is 7.61. The van der Waals surface area contributed by atoms with E-state index in [0.29, 0.717) is 12.8 Å². The van der Waals surface area contributed by atoms with Gasteiger partial charge in [-0.15, -0.1) is 0 Å². The molecule has 1 unspecified atom stereocenters. The molecule has 0 aromatic carbocycles. The first-order valence-electron chi connectivity index (χ1n) is 4.87. The highest BCUT2D eigenvalue weighted by Gasteiger charge is 2.10. The summed E-state index contributed by atoms with van der Waals surface area (Å²) in [5.41, 5.74) is 0. The van der Waals surface area contributed by atoms with Crippen molar-refractivity contribution >= 4 is 18.3 Å². The molecule has 3 nitrogen and oxygen atoms in total. The monoisotopic (exact) mass is 195 g/mol. The average molecular weight is 195 g/mol. The molecule has 0 aromatic heterocycles. The van der Waals surface area contributed by atoms with Crippen LogP contribution in [0.25, 0.3) is 0 Å². The molecule has 1 atom stereocenters. The first-order valence-corrected chi connectivity index (χ1v) is 4.87. The van der Waals surface area contributed by atoms with Crippen LogP contribution in [0.1, 0.15) is 32.6 Å². The Hall–Kier alpha value is -1.25. The Morgan fingerprint density at radius 2 is 2.21 bits per heavy atom.